The van der Waals surface area contributed by atoms with Gasteiger partial charge in [-0.25, -0.2) is 8.42 Å². The normalized spacial score (nSPS) is 12.4. The fraction of sp³-hybridized carbons (Fsp3) is 0.364. The Morgan fingerprint density at radius 3 is 2.12 bits per heavy atom. The molecule has 7 nitrogen and oxygen atoms in total. The summed E-state index contributed by atoms with van der Waals surface area (Å²) in [6.07, 6.45) is 0.954. The van der Waals surface area contributed by atoms with Crippen LogP contribution in [0.2, 0.25) is 20.1 Å². The first kappa shape index (κ1) is 28.5. The Balaban J connectivity index is 2.46. The van der Waals surface area contributed by atoms with Crippen molar-refractivity contribution in [2.45, 2.75) is 39.4 Å². The molecule has 0 radical (unpaired) electrons. The van der Waals surface area contributed by atoms with E-state index < -0.39 is 34.4 Å². The molecule has 2 rings (SSSR count). The van der Waals surface area contributed by atoms with Crippen LogP contribution in [0.3, 0.4) is 0 Å². The Hall–Kier alpha value is -1.71. The first-order chi connectivity index (χ1) is 15.7. The predicted octanol–water partition coefficient (Wildman–Crippen LogP) is 5.01. The second-order valence-electron chi connectivity index (χ2n) is 7.97. The summed E-state index contributed by atoms with van der Waals surface area (Å²) in [6, 6.07) is 8.06. The van der Waals surface area contributed by atoms with Crippen molar-refractivity contribution in [2.75, 3.05) is 17.1 Å². The maximum absolute atomic E-state index is 13.5. The van der Waals surface area contributed by atoms with Gasteiger partial charge in [-0.1, -0.05) is 52.5 Å². The number of halogens is 4. The Bertz CT molecular complexity index is 1170. The molecule has 0 bridgehead atoms. The van der Waals surface area contributed by atoms with Crippen LogP contribution in [0.4, 0.5) is 5.69 Å². The largest absolute Gasteiger partial charge is 0.352 e. The Labute approximate surface area is 220 Å². The number of rotatable bonds is 9. The van der Waals surface area contributed by atoms with E-state index in [2.05, 4.69) is 5.32 Å². The third-order valence-corrected chi connectivity index (χ3v) is 7.21. The fourth-order valence-corrected chi connectivity index (χ4v) is 4.70. The van der Waals surface area contributed by atoms with E-state index in [1.807, 2.05) is 0 Å². The predicted molar refractivity (Wildman–Crippen MR) is 138 cm³/mol. The molecule has 0 aliphatic heterocycles. The van der Waals surface area contributed by atoms with Gasteiger partial charge < -0.3 is 10.2 Å². The minimum atomic E-state index is -3.93. The first-order valence-electron chi connectivity index (χ1n) is 10.2. The topological polar surface area (TPSA) is 86.8 Å². The van der Waals surface area contributed by atoms with Gasteiger partial charge in [0, 0.05) is 17.6 Å². The third kappa shape index (κ3) is 7.65. The SMILES string of the molecule is CC(C)NC(=O)[C@@H](C)N(Cc1ccc(Cl)c(Cl)c1)C(=O)CN(c1cc(Cl)ccc1Cl)S(C)(=O)=O. The zero-order chi connectivity index (χ0) is 25.8. The molecular weight excluding hydrogens is 544 g/mol. The number of anilines is 1. The van der Waals surface area contributed by atoms with Crippen LogP contribution in [0.1, 0.15) is 26.3 Å². The number of hydrogen-bond acceptors (Lipinski definition) is 4. The maximum atomic E-state index is 13.5. The average Bonchev–Trinajstić information content (AvgIpc) is 2.72. The van der Waals surface area contributed by atoms with Gasteiger partial charge in [-0.3, -0.25) is 13.9 Å². The molecule has 0 saturated heterocycles. The minimum absolute atomic E-state index is 0.0106. The van der Waals surface area contributed by atoms with Crippen LogP contribution in [0.5, 0.6) is 0 Å². The number of carbonyl (C=O) groups excluding carboxylic acids is 2. The van der Waals surface area contributed by atoms with Gasteiger partial charge in [0.15, 0.2) is 0 Å². The van der Waals surface area contributed by atoms with Crippen molar-refractivity contribution >= 4 is 73.9 Å². The molecule has 0 saturated carbocycles. The van der Waals surface area contributed by atoms with Crippen molar-refractivity contribution in [3.8, 4) is 0 Å². The summed E-state index contributed by atoms with van der Waals surface area (Å²) in [4.78, 5) is 27.5. The van der Waals surface area contributed by atoms with E-state index in [-0.39, 0.29) is 33.3 Å². The fourth-order valence-electron chi connectivity index (χ4n) is 3.09. The van der Waals surface area contributed by atoms with Crippen LogP contribution in [-0.4, -0.2) is 50.0 Å². The first-order valence-corrected chi connectivity index (χ1v) is 13.5. The summed E-state index contributed by atoms with van der Waals surface area (Å²) < 4.78 is 26.0. The molecule has 1 N–H and O–H groups in total. The van der Waals surface area contributed by atoms with Crippen molar-refractivity contribution in [3.63, 3.8) is 0 Å². The van der Waals surface area contributed by atoms with Crippen LogP contribution in [0.15, 0.2) is 36.4 Å². The third-order valence-electron chi connectivity index (χ3n) is 4.79. The highest BCUT2D eigenvalue weighted by atomic mass is 35.5. The van der Waals surface area contributed by atoms with Crippen LogP contribution < -0.4 is 9.62 Å². The number of hydrogen-bond donors (Lipinski definition) is 1. The zero-order valence-electron chi connectivity index (χ0n) is 19.0. The van der Waals surface area contributed by atoms with Gasteiger partial charge in [0.25, 0.3) is 0 Å². The standard InChI is InChI=1S/C22H25Cl4N3O4S/c1-13(2)27-22(31)14(3)28(11-15-5-7-17(24)19(26)9-15)21(30)12-29(34(4,32)33)20-10-16(23)6-8-18(20)25/h5-10,13-14H,11-12H2,1-4H3,(H,27,31)/t14-/m1/s1. The van der Waals surface area contributed by atoms with Crippen molar-refractivity contribution < 1.29 is 18.0 Å². The number of amides is 2. The van der Waals surface area contributed by atoms with Gasteiger partial charge in [0.05, 0.1) is 27.0 Å². The van der Waals surface area contributed by atoms with Gasteiger partial charge >= 0.3 is 0 Å². The highest BCUT2D eigenvalue weighted by Crippen LogP contribution is 2.31. The van der Waals surface area contributed by atoms with Crippen molar-refractivity contribution in [1.82, 2.24) is 10.2 Å². The number of benzene rings is 2. The van der Waals surface area contributed by atoms with Gasteiger partial charge in [0.1, 0.15) is 12.6 Å². The Morgan fingerprint density at radius 1 is 0.941 bits per heavy atom. The zero-order valence-corrected chi connectivity index (χ0v) is 22.8. The van der Waals surface area contributed by atoms with Gasteiger partial charge in [-0.05, 0) is 56.7 Å². The second-order valence-corrected chi connectivity index (χ2v) is 11.5. The molecule has 0 unspecified atom stereocenters. The molecule has 2 amide bonds. The summed E-state index contributed by atoms with van der Waals surface area (Å²) >= 11 is 24.4. The summed E-state index contributed by atoms with van der Waals surface area (Å²) in [5, 5.41) is 3.74. The lowest BCUT2D eigenvalue weighted by Gasteiger charge is -2.32. The second kappa shape index (κ2) is 11.8. The van der Waals surface area contributed by atoms with E-state index in [1.165, 1.54) is 23.1 Å². The van der Waals surface area contributed by atoms with Crippen molar-refractivity contribution in [2.24, 2.45) is 0 Å². The van der Waals surface area contributed by atoms with Crippen LogP contribution in [-0.2, 0) is 26.2 Å². The average molecular weight is 569 g/mol. The van der Waals surface area contributed by atoms with E-state index in [9.17, 15) is 18.0 Å². The molecule has 0 aliphatic rings. The molecule has 0 aliphatic carbocycles. The molecular formula is C22H25Cl4N3O4S. The molecule has 1 atom stereocenters. The van der Waals surface area contributed by atoms with Crippen molar-refractivity contribution in [3.05, 3.63) is 62.1 Å². The minimum Gasteiger partial charge on any atom is -0.352 e. The quantitative estimate of drug-likeness (QED) is 0.461. The molecule has 0 aromatic heterocycles. The Morgan fingerprint density at radius 2 is 1.56 bits per heavy atom. The lowest BCUT2D eigenvalue weighted by atomic mass is 10.1. The molecule has 186 valence electrons. The molecule has 2 aromatic rings. The number of carbonyl (C=O) groups is 2. The van der Waals surface area contributed by atoms with Gasteiger partial charge in [-0.2, -0.15) is 0 Å². The molecule has 0 spiro atoms. The number of nitrogens with zero attached hydrogens (tertiary/aromatic N) is 2. The molecule has 0 heterocycles. The van der Waals surface area contributed by atoms with Crippen LogP contribution in [0, 0.1) is 0 Å². The summed E-state index contributed by atoms with van der Waals surface area (Å²) in [5.74, 6) is -1.02. The highest BCUT2D eigenvalue weighted by Gasteiger charge is 2.31. The van der Waals surface area contributed by atoms with Gasteiger partial charge in [0.2, 0.25) is 21.8 Å². The lowest BCUT2D eigenvalue weighted by Crippen LogP contribution is -2.52. The van der Waals surface area contributed by atoms with Crippen molar-refractivity contribution in [1.29, 1.82) is 0 Å². The van der Waals surface area contributed by atoms with E-state index in [4.69, 9.17) is 46.4 Å². The molecule has 2 aromatic carbocycles. The Kier molecular flexibility index (Phi) is 9.91. The monoisotopic (exact) mass is 567 g/mol. The lowest BCUT2D eigenvalue weighted by molar-refractivity contribution is -0.139. The van der Waals surface area contributed by atoms with E-state index >= 15 is 0 Å². The van der Waals surface area contributed by atoms with E-state index in [0.717, 1.165) is 10.6 Å². The summed E-state index contributed by atoms with van der Waals surface area (Å²) in [6.45, 7) is 4.54. The van der Waals surface area contributed by atoms with Crippen LogP contribution >= 0.6 is 46.4 Å². The summed E-state index contributed by atoms with van der Waals surface area (Å²) in [7, 11) is -3.93. The molecule has 0 fully saturated rings. The maximum Gasteiger partial charge on any atom is 0.244 e. The molecule has 12 heteroatoms. The van der Waals surface area contributed by atoms with Crippen LogP contribution in [0.25, 0.3) is 0 Å². The smallest absolute Gasteiger partial charge is 0.244 e. The highest BCUT2D eigenvalue weighted by molar-refractivity contribution is 7.92. The summed E-state index contributed by atoms with van der Waals surface area (Å²) in [5.41, 5.74) is 0.664. The number of nitrogens with one attached hydrogen (secondary N) is 1. The van der Waals surface area contributed by atoms with Gasteiger partial charge in [-0.15, -0.1) is 0 Å². The number of sulfonamides is 1. The van der Waals surface area contributed by atoms with E-state index in [1.54, 1.807) is 39.0 Å². The van der Waals surface area contributed by atoms with E-state index in [0.29, 0.717) is 10.6 Å². The molecule has 34 heavy (non-hydrogen) atoms.